The van der Waals surface area contributed by atoms with Crippen LogP contribution in [0.25, 0.3) is 0 Å². The van der Waals surface area contributed by atoms with Gasteiger partial charge in [0, 0.05) is 13.2 Å². The van der Waals surface area contributed by atoms with E-state index in [0.29, 0.717) is 13.2 Å². The van der Waals surface area contributed by atoms with Crippen LogP contribution in [0, 0.1) is 0 Å². The van der Waals surface area contributed by atoms with Gasteiger partial charge in [-0.1, -0.05) is 0 Å². The molecular formula is C6H14N2O2. The summed E-state index contributed by atoms with van der Waals surface area (Å²) >= 11 is 0. The minimum Gasteiger partial charge on any atom is -0.361 e. The Morgan fingerprint density at radius 2 is 2.10 bits per heavy atom. The Labute approximate surface area is 60.9 Å². The van der Waals surface area contributed by atoms with Gasteiger partial charge in [0.25, 0.3) is 0 Å². The minimum atomic E-state index is -0.184. The molecule has 0 spiro atoms. The Hall–Kier alpha value is -0.770. The highest BCUT2D eigenvalue weighted by Gasteiger charge is 1.93. The molecule has 0 saturated heterocycles. The second-order valence-corrected chi connectivity index (χ2v) is 1.67. The zero-order chi connectivity index (χ0) is 7.82. The van der Waals surface area contributed by atoms with Crippen LogP contribution in [0.15, 0.2) is 0 Å². The van der Waals surface area contributed by atoms with E-state index in [2.05, 4.69) is 10.6 Å². The molecule has 60 valence electrons. The maximum absolute atomic E-state index is 10.6. The van der Waals surface area contributed by atoms with Crippen molar-refractivity contribution in [3.8, 4) is 0 Å². The summed E-state index contributed by atoms with van der Waals surface area (Å²) in [5.41, 5.74) is 0. The number of hydrogen-bond donors (Lipinski definition) is 2. The number of ether oxygens (including phenoxy) is 1. The Balaban J connectivity index is 3.05. The zero-order valence-corrected chi connectivity index (χ0v) is 6.44. The molecule has 0 bridgehead atoms. The Kier molecular flexibility index (Phi) is 5.86. The summed E-state index contributed by atoms with van der Waals surface area (Å²) < 4.78 is 4.88. The van der Waals surface area contributed by atoms with Crippen molar-refractivity contribution in [2.45, 2.75) is 13.8 Å². The number of hydrogen-bond acceptors (Lipinski definition) is 2. The van der Waals surface area contributed by atoms with Gasteiger partial charge in [-0.05, 0) is 13.8 Å². The third-order valence-electron chi connectivity index (χ3n) is 0.876. The molecule has 0 rings (SSSR count). The number of amides is 2. The van der Waals surface area contributed by atoms with Crippen molar-refractivity contribution < 1.29 is 9.53 Å². The first kappa shape index (κ1) is 9.23. The van der Waals surface area contributed by atoms with Gasteiger partial charge in [0.2, 0.25) is 0 Å². The summed E-state index contributed by atoms with van der Waals surface area (Å²) in [6.07, 6.45) is 0. The third-order valence-corrected chi connectivity index (χ3v) is 0.876. The van der Waals surface area contributed by atoms with Gasteiger partial charge in [0.05, 0.1) is 0 Å². The number of nitrogens with one attached hydrogen (secondary N) is 2. The van der Waals surface area contributed by atoms with E-state index in [1.165, 1.54) is 0 Å². The van der Waals surface area contributed by atoms with Crippen molar-refractivity contribution in [3.05, 3.63) is 0 Å². The van der Waals surface area contributed by atoms with Crippen molar-refractivity contribution in [3.63, 3.8) is 0 Å². The molecular weight excluding hydrogens is 132 g/mol. The molecule has 2 amide bonds. The lowest BCUT2D eigenvalue weighted by atomic mass is 10.7. The molecule has 0 aromatic heterocycles. The second kappa shape index (κ2) is 6.35. The highest BCUT2D eigenvalue weighted by Crippen LogP contribution is 1.68. The van der Waals surface area contributed by atoms with E-state index in [9.17, 15) is 4.79 Å². The highest BCUT2D eigenvalue weighted by atomic mass is 16.5. The van der Waals surface area contributed by atoms with Crippen LogP contribution in [0.5, 0.6) is 0 Å². The van der Waals surface area contributed by atoms with E-state index < -0.39 is 0 Å². The summed E-state index contributed by atoms with van der Waals surface area (Å²) in [7, 11) is 0. The SMILES string of the molecule is CCNC(=O)NCOCC. The summed E-state index contributed by atoms with van der Waals surface area (Å²) in [5.74, 6) is 0. The molecule has 0 unspecified atom stereocenters. The largest absolute Gasteiger partial charge is 0.361 e. The molecule has 0 heterocycles. The van der Waals surface area contributed by atoms with Crippen LogP contribution in [-0.2, 0) is 4.74 Å². The Morgan fingerprint density at radius 3 is 2.60 bits per heavy atom. The lowest BCUT2D eigenvalue weighted by Gasteiger charge is -2.04. The molecule has 2 N–H and O–H groups in total. The summed E-state index contributed by atoms with van der Waals surface area (Å²) in [6, 6.07) is -0.184. The lowest BCUT2D eigenvalue weighted by Crippen LogP contribution is -2.36. The fourth-order valence-corrected chi connectivity index (χ4v) is 0.442. The smallest absolute Gasteiger partial charge is 0.316 e. The summed E-state index contributed by atoms with van der Waals surface area (Å²) in [4.78, 5) is 10.6. The average Bonchev–Trinajstić information content (AvgIpc) is 1.89. The van der Waals surface area contributed by atoms with Crippen molar-refractivity contribution in [2.75, 3.05) is 19.9 Å². The van der Waals surface area contributed by atoms with Gasteiger partial charge in [0.15, 0.2) is 0 Å². The van der Waals surface area contributed by atoms with Crippen molar-refractivity contribution in [1.82, 2.24) is 10.6 Å². The zero-order valence-electron chi connectivity index (χ0n) is 6.44. The molecule has 0 aliphatic rings. The summed E-state index contributed by atoms with van der Waals surface area (Å²) in [6.45, 7) is 5.27. The monoisotopic (exact) mass is 146 g/mol. The molecule has 0 radical (unpaired) electrons. The van der Waals surface area contributed by atoms with Crippen LogP contribution < -0.4 is 10.6 Å². The molecule has 0 saturated carbocycles. The molecule has 0 atom stereocenters. The van der Waals surface area contributed by atoms with Crippen LogP contribution in [0.4, 0.5) is 4.79 Å². The van der Waals surface area contributed by atoms with Gasteiger partial charge in [-0.3, -0.25) is 0 Å². The van der Waals surface area contributed by atoms with Gasteiger partial charge in [-0.25, -0.2) is 4.79 Å². The van der Waals surface area contributed by atoms with E-state index in [1.54, 1.807) is 0 Å². The van der Waals surface area contributed by atoms with Crippen LogP contribution in [0.3, 0.4) is 0 Å². The van der Waals surface area contributed by atoms with Gasteiger partial charge < -0.3 is 15.4 Å². The third kappa shape index (κ3) is 5.37. The molecule has 0 aromatic rings. The van der Waals surface area contributed by atoms with Crippen LogP contribution in [0.1, 0.15) is 13.8 Å². The first-order chi connectivity index (χ1) is 4.81. The average molecular weight is 146 g/mol. The number of carbonyl (C=O) groups excluding carboxylic acids is 1. The van der Waals surface area contributed by atoms with Gasteiger partial charge in [-0.2, -0.15) is 0 Å². The fourth-order valence-electron chi connectivity index (χ4n) is 0.442. The maximum Gasteiger partial charge on any atom is 0.316 e. The fraction of sp³-hybridized carbons (Fsp3) is 0.833. The normalized spacial score (nSPS) is 9.00. The number of urea groups is 1. The van der Waals surface area contributed by atoms with Crippen LogP contribution in [0.2, 0.25) is 0 Å². The Bertz CT molecular complexity index is 95.7. The van der Waals surface area contributed by atoms with E-state index >= 15 is 0 Å². The quantitative estimate of drug-likeness (QED) is 0.442. The van der Waals surface area contributed by atoms with Gasteiger partial charge in [-0.15, -0.1) is 0 Å². The van der Waals surface area contributed by atoms with E-state index in [0.717, 1.165) is 0 Å². The molecule has 0 aromatic carbocycles. The van der Waals surface area contributed by atoms with Crippen LogP contribution in [-0.4, -0.2) is 25.9 Å². The van der Waals surface area contributed by atoms with Crippen molar-refractivity contribution >= 4 is 6.03 Å². The molecule has 0 fully saturated rings. The summed E-state index contributed by atoms with van der Waals surface area (Å²) in [5, 5.41) is 5.09. The molecule has 4 nitrogen and oxygen atoms in total. The van der Waals surface area contributed by atoms with Crippen molar-refractivity contribution in [2.24, 2.45) is 0 Å². The molecule has 0 aliphatic heterocycles. The topological polar surface area (TPSA) is 50.4 Å². The Morgan fingerprint density at radius 1 is 1.40 bits per heavy atom. The number of rotatable bonds is 4. The van der Waals surface area contributed by atoms with E-state index in [4.69, 9.17) is 4.74 Å². The second-order valence-electron chi connectivity index (χ2n) is 1.67. The van der Waals surface area contributed by atoms with Gasteiger partial charge >= 0.3 is 6.03 Å². The lowest BCUT2D eigenvalue weighted by molar-refractivity contribution is 0.132. The molecule has 4 heteroatoms. The van der Waals surface area contributed by atoms with E-state index in [-0.39, 0.29) is 12.8 Å². The maximum atomic E-state index is 10.6. The predicted octanol–water partition coefficient (Wildman–Crippen LogP) is 0.300. The standard InChI is InChI=1S/C6H14N2O2/c1-3-7-6(9)8-5-10-4-2/h3-5H2,1-2H3,(H2,7,8,9). The van der Waals surface area contributed by atoms with E-state index in [1.807, 2.05) is 13.8 Å². The van der Waals surface area contributed by atoms with Crippen LogP contribution >= 0.6 is 0 Å². The highest BCUT2D eigenvalue weighted by molar-refractivity contribution is 5.73. The first-order valence-corrected chi connectivity index (χ1v) is 3.40. The molecule has 10 heavy (non-hydrogen) atoms. The predicted molar refractivity (Wildman–Crippen MR) is 38.7 cm³/mol. The first-order valence-electron chi connectivity index (χ1n) is 3.40. The number of carbonyl (C=O) groups is 1. The van der Waals surface area contributed by atoms with Crippen molar-refractivity contribution in [1.29, 1.82) is 0 Å². The molecule has 0 aliphatic carbocycles. The minimum absolute atomic E-state index is 0.184. The van der Waals surface area contributed by atoms with Gasteiger partial charge in [0.1, 0.15) is 6.73 Å².